The zero-order chi connectivity index (χ0) is 10.0. The summed E-state index contributed by atoms with van der Waals surface area (Å²) in [5.74, 6) is 0. The van der Waals surface area contributed by atoms with Gasteiger partial charge in [0.15, 0.2) is 0 Å². The highest BCUT2D eigenvalue weighted by Gasteiger charge is 2.36. The van der Waals surface area contributed by atoms with E-state index in [0.29, 0.717) is 6.04 Å². The second-order valence-electron chi connectivity index (χ2n) is 5.25. The van der Waals surface area contributed by atoms with Crippen molar-refractivity contribution < 1.29 is 4.48 Å². The summed E-state index contributed by atoms with van der Waals surface area (Å²) < 4.78 is 1.29. The second kappa shape index (κ2) is 4.17. The lowest BCUT2D eigenvalue weighted by Crippen LogP contribution is -2.60. The first kappa shape index (κ1) is 10.4. The predicted molar refractivity (Wildman–Crippen MR) is 59.0 cm³/mol. The average molecular weight is 198 g/mol. The van der Waals surface area contributed by atoms with Gasteiger partial charge in [0.05, 0.1) is 26.2 Å². The van der Waals surface area contributed by atoms with E-state index in [1.165, 1.54) is 56.3 Å². The Kier molecular flexibility index (Phi) is 3.10. The van der Waals surface area contributed by atoms with Crippen LogP contribution >= 0.6 is 0 Å². The van der Waals surface area contributed by atoms with Crippen molar-refractivity contribution in [2.24, 2.45) is 5.73 Å². The summed E-state index contributed by atoms with van der Waals surface area (Å²) in [6.45, 7) is 5.02. The van der Waals surface area contributed by atoms with Crippen LogP contribution in [0.15, 0.2) is 0 Å². The first-order chi connectivity index (χ1) is 6.71. The van der Waals surface area contributed by atoms with Crippen molar-refractivity contribution in [3.8, 4) is 0 Å². The fourth-order valence-electron chi connectivity index (χ4n) is 2.97. The number of nitrogens with zero attached hydrogens (tertiary/aromatic N) is 1. The lowest BCUT2D eigenvalue weighted by Gasteiger charge is -2.47. The van der Waals surface area contributed by atoms with Crippen LogP contribution in [0.5, 0.6) is 0 Å². The largest absolute Gasteiger partial charge is 0.327 e. The van der Waals surface area contributed by atoms with Crippen LogP contribution in [0.2, 0.25) is 0 Å². The van der Waals surface area contributed by atoms with Crippen LogP contribution in [0, 0.1) is 0 Å². The zero-order valence-electron chi connectivity index (χ0n) is 9.34. The molecule has 3 heteroatoms. The first-order valence-corrected chi connectivity index (χ1v) is 6.01. The quantitative estimate of drug-likeness (QED) is 0.595. The van der Waals surface area contributed by atoms with Crippen LogP contribution in [0.1, 0.15) is 25.7 Å². The van der Waals surface area contributed by atoms with E-state index < -0.39 is 0 Å². The monoisotopic (exact) mass is 198 g/mol. The molecule has 2 heterocycles. The Labute approximate surface area is 87.2 Å². The van der Waals surface area contributed by atoms with Gasteiger partial charge in [-0.25, -0.2) is 0 Å². The van der Waals surface area contributed by atoms with E-state index in [2.05, 4.69) is 12.4 Å². The summed E-state index contributed by atoms with van der Waals surface area (Å²) in [4.78, 5) is 0. The van der Waals surface area contributed by atoms with Gasteiger partial charge in [0.1, 0.15) is 0 Å². The Balaban J connectivity index is 1.93. The van der Waals surface area contributed by atoms with Gasteiger partial charge >= 0.3 is 0 Å². The third kappa shape index (κ3) is 2.10. The lowest BCUT2D eigenvalue weighted by molar-refractivity contribution is -0.938. The number of likely N-dealkylation sites (tertiary alicyclic amines) is 1. The number of hydrogen-bond acceptors (Lipinski definition) is 2. The number of quaternary nitrogens is 1. The van der Waals surface area contributed by atoms with E-state index in [1.807, 2.05) is 0 Å². The van der Waals surface area contributed by atoms with Gasteiger partial charge in [0.25, 0.3) is 0 Å². The minimum atomic E-state index is 0.475. The Bertz CT molecular complexity index is 179. The van der Waals surface area contributed by atoms with Gasteiger partial charge in [-0.05, 0) is 0 Å². The normalized spacial score (nSPS) is 41.1. The maximum absolute atomic E-state index is 5.96. The van der Waals surface area contributed by atoms with Crippen LogP contribution < -0.4 is 11.1 Å². The molecule has 0 unspecified atom stereocenters. The molecule has 3 nitrogen and oxygen atoms in total. The molecule has 0 aromatic heterocycles. The van der Waals surface area contributed by atoms with Crippen molar-refractivity contribution in [1.82, 2.24) is 5.32 Å². The van der Waals surface area contributed by atoms with Crippen LogP contribution in [0.4, 0.5) is 0 Å². The zero-order valence-corrected chi connectivity index (χ0v) is 9.34. The Morgan fingerprint density at radius 1 is 1.07 bits per heavy atom. The molecule has 2 aliphatic rings. The standard InChI is InChI=1S/C11H24N3/c1-14(8-4-10(12)5-9-14)11-2-6-13-7-3-11/h10-11,13H,2-9,12H2,1H3/q+1. The number of hydrogen-bond donors (Lipinski definition) is 2. The molecule has 82 valence electrons. The third-order valence-electron chi connectivity index (χ3n) is 4.21. The van der Waals surface area contributed by atoms with E-state index in [9.17, 15) is 0 Å². The van der Waals surface area contributed by atoms with E-state index in [0.717, 1.165) is 6.04 Å². The molecule has 0 aliphatic carbocycles. The Morgan fingerprint density at radius 3 is 2.21 bits per heavy atom. The molecule has 0 atom stereocenters. The minimum absolute atomic E-state index is 0.475. The molecule has 0 saturated carbocycles. The highest BCUT2D eigenvalue weighted by molar-refractivity contribution is 4.74. The number of nitrogens with two attached hydrogens (primary N) is 1. The van der Waals surface area contributed by atoms with Crippen molar-refractivity contribution in [3.05, 3.63) is 0 Å². The highest BCUT2D eigenvalue weighted by Crippen LogP contribution is 2.24. The minimum Gasteiger partial charge on any atom is -0.327 e. The van der Waals surface area contributed by atoms with Gasteiger partial charge in [-0.2, -0.15) is 0 Å². The van der Waals surface area contributed by atoms with E-state index >= 15 is 0 Å². The fourth-order valence-corrected chi connectivity index (χ4v) is 2.97. The summed E-state index contributed by atoms with van der Waals surface area (Å²) in [5.41, 5.74) is 5.96. The van der Waals surface area contributed by atoms with Crippen LogP contribution in [0.3, 0.4) is 0 Å². The van der Waals surface area contributed by atoms with Gasteiger partial charge in [-0.1, -0.05) is 0 Å². The molecule has 0 radical (unpaired) electrons. The fraction of sp³-hybridized carbons (Fsp3) is 1.00. The third-order valence-corrected chi connectivity index (χ3v) is 4.21. The first-order valence-electron chi connectivity index (χ1n) is 6.01. The summed E-state index contributed by atoms with van der Waals surface area (Å²) in [6.07, 6.45) is 5.15. The van der Waals surface area contributed by atoms with E-state index in [1.54, 1.807) is 0 Å². The summed E-state index contributed by atoms with van der Waals surface area (Å²) >= 11 is 0. The van der Waals surface area contributed by atoms with Gasteiger partial charge < -0.3 is 15.5 Å². The van der Waals surface area contributed by atoms with Crippen LogP contribution in [0.25, 0.3) is 0 Å². The smallest absolute Gasteiger partial charge is 0.0912 e. The maximum atomic E-state index is 5.96. The van der Waals surface area contributed by atoms with Crippen molar-refractivity contribution in [3.63, 3.8) is 0 Å². The molecule has 0 spiro atoms. The Morgan fingerprint density at radius 2 is 1.64 bits per heavy atom. The highest BCUT2D eigenvalue weighted by atomic mass is 15.4. The molecule has 0 aromatic rings. The molecule has 3 N–H and O–H groups in total. The number of rotatable bonds is 1. The SMILES string of the molecule is C[N+]1(C2CCNCC2)CCC(N)CC1. The van der Waals surface area contributed by atoms with Crippen molar-refractivity contribution in [2.45, 2.75) is 37.8 Å². The molecule has 0 aromatic carbocycles. The van der Waals surface area contributed by atoms with E-state index in [4.69, 9.17) is 5.73 Å². The van der Waals surface area contributed by atoms with Gasteiger partial charge in [-0.3, -0.25) is 0 Å². The van der Waals surface area contributed by atoms with Gasteiger partial charge in [0.2, 0.25) is 0 Å². The molecule has 0 bridgehead atoms. The summed E-state index contributed by atoms with van der Waals surface area (Å²) in [5, 5.41) is 3.45. The second-order valence-corrected chi connectivity index (χ2v) is 5.25. The van der Waals surface area contributed by atoms with E-state index in [-0.39, 0.29) is 0 Å². The molecule has 2 rings (SSSR count). The van der Waals surface area contributed by atoms with Gasteiger partial charge in [-0.15, -0.1) is 0 Å². The number of piperidine rings is 2. The molecule has 14 heavy (non-hydrogen) atoms. The molecular weight excluding hydrogens is 174 g/mol. The van der Waals surface area contributed by atoms with Crippen LogP contribution in [-0.2, 0) is 0 Å². The molecule has 0 amide bonds. The number of nitrogens with one attached hydrogen (secondary N) is 1. The van der Waals surface area contributed by atoms with Crippen molar-refractivity contribution >= 4 is 0 Å². The molecule has 2 fully saturated rings. The summed E-state index contributed by atoms with van der Waals surface area (Å²) in [6, 6.07) is 1.37. The van der Waals surface area contributed by atoms with Crippen LogP contribution in [-0.4, -0.2) is 49.8 Å². The topological polar surface area (TPSA) is 38.0 Å². The Hall–Kier alpha value is -0.120. The lowest BCUT2D eigenvalue weighted by atomic mass is 9.96. The predicted octanol–water partition coefficient (Wildman–Crippen LogP) is 0.306. The molecule has 2 saturated heterocycles. The molecular formula is C11H24N3+. The maximum Gasteiger partial charge on any atom is 0.0912 e. The van der Waals surface area contributed by atoms with Gasteiger partial charge in [0, 0.05) is 44.8 Å². The molecule has 2 aliphatic heterocycles. The average Bonchev–Trinajstić information content (AvgIpc) is 2.24. The van der Waals surface area contributed by atoms with Crippen molar-refractivity contribution in [1.29, 1.82) is 0 Å². The summed E-state index contributed by atoms with van der Waals surface area (Å²) in [7, 11) is 2.43. The van der Waals surface area contributed by atoms with Crippen molar-refractivity contribution in [2.75, 3.05) is 33.2 Å².